The highest BCUT2D eigenvalue weighted by atomic mass is 19.2. The maximum absolute atomic E-state index is 14.0. The highest BCUT2D eigenvalue weighted by Gasteiger charge is 2.30. The Kier molecular flexibility index (Phi) is 5.27. The first kappa shape index (κ1) is 17.5. The molecule has 2 saturated heterocycles. The van der Waals surface area contributed by atoms with Crippen molar-refractivity contribution < 1.29 is 17.6 Å². The summed E-state index contributed by atoms with van der Waals surface area (Å²) in [6.45, 7) is 5.99. The predicted octanol–water partition coefficient (Wildman–Crippen LogP) is 3.59. The predicted molar refractivity (Wildman–Crippen MR) is 83.8 cm³/mol. The van der Waals surface area contributed by atoms with Crippen molar-refractivity contribution >= 4 is 5.69 Å². The van der Waals surface area contributed by atoms with E-state index in [4.69, 9.17) is 0 Å². The number of piperidine rings is 2. The van der Waals surface area contributed by atoms with Crippen molar-refractivity contribution in [3.05, 3.63) is 23.5 Å². The van der Waals surface area contributed by atoms with Gasteiger partial charge in [-0.25, -0.2) is 0 Å². The van der Waals surface area contributed by atoms with E-state index in [9.17, 15) is 17.6 Å². The largest absolute Gasteiger partial charge is 0.366 e. The van der Waals surface area contributed by atoms with E-state index in [2.05, 4.69) is 16.8 Å². The van der Waals surface area contributed by atoms with Gasteiger partial charge in [0, 0.05) is 19.6 Å². The number of nitrogens with zero attached hydrogens (tertiary/aromatic N) is 3. The molecule has 0 amide bonds. The fraction of sp³-hybridized carbons (Fsp3) is 0.706. The van der Waals surface area contributed by atoms with Gasteiger partial charge in [-0.3, -0.25) is 0 Å². The molecule has 134 valence electrons. The molecule has 1 unspecified atom stereocenters. The Morgan fingerprint density at radius 3 is 2.21 bits per heavy atom. The minimum Gasteiger partial charge on any atom is -0.366 e. The number of halogens is 4. The van der Waals surface area contributed by atoms with Crippen LogP contribution >= 0.6 is 0 Å². The Hall–Kier alpha value is -1.37. The number of hydrogen-bond acceptors (Lipinski definition) is 3. The Morgan fingerprint density at radius 1 is 0.958 bits per heavy atom. The standard InChI is InChI=1S/C17H23F4N3/c1-11-4-7-23(8-5-11)9-12-3-2-6-24(10-12)15-13(18)16(20)22-17(21)14(15)19/h11-12H,2-10H2,1H3. The SMILES string of the molecule is CC1CCN(CC2CCCN(c3c(F)c(F)nc(F)c3F)C2)CC1. The Morgan fingerprint density at radius 2 is 1.58 bits per heavy atom. The summed E-state index contributed by atoms with van der Waals surface area (Å²) in [5.41, 5.74) is -0.614. The first-order valence-corrected chi connectivity index (χ1v) is 8.63. The van der Waals surface area contributed by atoms with Crippen LogP contribution < -0.4 is 4.90 Å². The van der Waals surface area contributed by atoms with Gasteiger partial charge in [-0.1, -0.05) is 6.92 Å². The van der Waals surface area contributed by atoms with Crippen molar-refractivity contribution in [3.63, 3.8) is 0 Å². The molecule has 2 aliphatic rings. The molecule has 2 fully saturated rings. The summed E-state index contributed by atoms with van der Waals surface area (Å²) in [5.74, 6) is -4.99. The van der Waals surface area contributed by atoms with E-state index in [1.54, 1.807) is 0 Å². The van der Waals surface area contributed by atoms with E-state index in [0.29, 0.717) is 13.1 Å². The zero-order chi connectivity index (χ0) is 17.3. The van der Waals surface area contributed by atoms with Crippen molar-refractivity contribution in [2.75, 3.05) is 37.6 Å². The van der Waals surface area contributed by atoms with Crippen LogP contribution in [0.4, 0.5) is 23.2 Å². The first-order valence-electron chi connectivity index (χ1n) is 8.63. The van der Waals surface area contributed by atoms with Crippen molar-refractivity contribution in [2.45, 2.75) is 32.6 Å². The van der Waals surface area contributed by atoms with E-state index >= 15 is 0 Å². The lowest BCUT2D eigenvalue weighted by Crippen LogP contribution is -2.44. The third kappa shape index (κ3) is 3.66. The molecule has 1 atom stereocenters. The summed E-state index contributed by atoms with van der Waals surface area (Å²) in [5, 5.41) is 0. The molecule has 0 aromatic carbocycles. The Balaban J connectivity index is 1.70. The zero-order valence-corrected chi connectivity index (χ0v) is 13.9. The summed E-state index contributed by atoms with van der Waals surface area (Å²) >= 11 is 0. The van der Waals surface area contributed by atoms with Crippen molar-refractivity contribution in [1.29, 1.82) is 0 Å². The summed E-state index contributed by atoms with van der Waals surface area (Å²) in [4.78, 5) is 6.44. The van der Waals surface area contributed by atoms with Crippen LogP contribution in [0.3, 0.4) is 0 Å². The van der Waals surface area contributed by atoms with Gasteiger partial charge in [0.05, 0.1) is 0 Å². The van der Waals surface area contributed by atoms with Gasteiger partial charge < -0.3 is 9.80 Å². The second-order valence-corrected chi connectivity index (χ2v) is 7.11. The molecule has 2 aliphatic heterocycles. The minimum absolute atomic E-state index is 0.241. The second-order valence-electron chi connectivity index (χ2n) is 7.11. The molecular formula is C17H23F4N3. The molecule has 0 bridgehead atoms. The van der Waals surface area contributed by atoms with Crippen molar-refractivity contribution in [2.24, 2.45) is 11.8 Å². The Labute approximate surface area is 139 Å². The van der Waals surface area contributed by atoms with Crippen molar-refractivity contribution in [1.82, 2.24) is 9.88 Å². The summed E-state index contributed by atoms with van der Waals surface area (Å²) in [7, 11) is 0. The lowest BCUT2D eigenvalue weighted by molar-refractivity contribution is 0.159. The third-order valence-corrected chi connectivity index (χ3v) is 5.20. The van der Waals surface area contributed by atoms with Gasteiger partial charge in [-0.2, -0.15) is 22.5 Å². The number of rotatable bonds is 3. The molecule has 0 spiro atoms. The van der Waals surface area contributed by atoms with Gasteiger partial charge in [0.25, 0.3) is 11.9 Å². The average Bonchev–Trinajstić information content (AvgIpc) is 2.56. The lowest BCUT2D eigenvalue weighted by atomic mass is 9.94. The highest BCUT2D eigenvalue weighted by Crippen LogP contribution is 2.30. The van der Waals surface area contributed by atoms with Crippen LogP contribution in [0.2, 0.25) is 0 Å². The molecule has 0 saturated carbocycles. The summed E-state index contributed by atoms with van der Waals surface area (Å²) in [6.07, 6.45) is 4.04. The number of pyridine rings is 1. The molecule has 3 nitrogen and oxygen atoms in total. The number of hydrogen-bond donors (Lipinski definition) is 0. The quantitative estimate of drug-likeness (QED) is 0.617. The third-order valence-electron chi connectivity index (χ3n) is 5.20. The van der Waals surface area contributed by atoms with Crippen LogP contribution in [0.1, 0.15) is 32.6 Å². The lowest BCUT2D eigenvalue weighted by Gasteiger charge is -2.38. The van der Waals surface area contributed by atoms with Crippen molar-refractivity contribution in [3.8, 4) is 0 Å². The van der Waals surface area contributed by atoms with Gasteiger partial charge in [0.1, 0.15) is 5.69 Å². The summed E-state index contributed by atoms with van der Waals surface area (Å²) < 4.78 is 54.6. The molecule has 7 heteroatoms. The monoisotopic (exact) mass is 345 g/mol. The van der Waals surface area contributed by atoms with Gasteiger partial charge in [0.2, 0.25) is 11.6 Å². The number of likely N-dealkylation sites (tertiary alicyclic amines) is 1. The smallest absolute Gasteiger partial charge is 0.253 e. The maximum Gasteiger partial charge on any atom is 0.253 e. The van der Waals surface area contributed by atoms with Crippen LogP contribution in [0.5, 0.6) is 0 Å². The van der Waals surface area contributed by atoms with Gasteiger partial charge in [-0.05, 0) is 50.6 Å². The molecule has 1 aromatic rings. The number of anilines is 1. The molecule has 0 aliphatic carbocycles. The van der Waals surface area contributed by atoms with E-state index in [-0.39, 0.29) is 5.92 Å². The van der Waals surface area contributed by atoms with E-state index in [1.807, 2.05) is 0 Å². The van der Waals surface area contributed by atoms with Crippen LogP contribution in [0, 0.1) is 35.4 Å². The Bertz CT molecular complexity index is 561. The highest BCUT2D eigenvalue weighted by molar-refractivity contribution is 5.49. The molecule has 0 radical (unpaired) electrons. The number of aromatic nitrogens is 1. The second kappa shape index (κ2) is 7.25. The fourth-order valence-electron chi connectivity index (χ4n) is 3.78. The van der Waals surface area contributed by atoms with E-state index < -0.39 is 29.2 Å². The fourth-order valence-corrected chi connectivity index (χ4v) is 3.78. The summed E-state index contributed by atoms with van der Waals surface area (Å²) in [6, 6.07) is 0. The maximum atomic E-state index is 14.0. The average molecular weight is 345 g/mol. The van der Waals surface area contributed by atoms with Crippen LogP contribution in [-0.2, 0) is 0 Å². The topological polar surface area (TPSA) is 19.4 Å². The molecule has 0 N–H and O–H groups in total. The molecule has 3 rings (SSSR count). The van der Waals surface area contributed by atoms with E-state index in [1.165, 1.54) is 17.7 Å². The van der Waals surface area contributed by atoms with Crippen LogP contribution in [0.15, 0.2) is 0 Å². The van der Waals surface area contributed by atoms with Gasteiger partial charge >= 0.3 is 0 Å². The molecule has 1 aromatic heterocycles. The van der Waals surface area contributed by atoms with Gasteiger partial charge in [0.15, 0.2) is 0 Å². The van der Waals surface area contributed by atoms with Gasteiger partial charge in [-0.15, -0.1) is 0 Å². The van der Waals surface area contributed by atoms with Crippen LogP contribution in [0.25, 0.3) is 0 Å². The first-order chi connectivity index (χ1) is 11.5. The molecular weight excluding hydrogens is 322 g/mol. The normalized spacial score (nSPS) is 23.7. The minimum atomic E-state index is -1.59. The molecule has 3 heterocycles. The zero-order valence-electron chi connectivity index (χ0n) is 13.9. The van der Waals surface area contributed by atoms with Crippen LogP contribution in [-0.4, -0.2) is 42.6 Å². The molecule has 24 heavy (non-hydrogen) atoms. The van der Waals surface area contributed by atoms with E-state index in [0.717, 1.165) is 38.4 Å².